The molecule has 48 heavy (non-hydrogen) atoms. The number of hydrogen-bond acceptors (Lipinski definition) is 5. The van der Waals surface area contributed by atoms with Crippen molar-refractivity contribution in [1.29, 1.82) is 0 Å². The van der Waals surface area contributed by atoms with Crippen LogP contribution in [-0.4, -0.2) is 74.2 Å². The number of hydrogen-bond donors (Lipinski definition) is 2. The molecule has 8 heteroatoms. The fourth-order valence-corrected chi connectivity index (χ4v) is 7.05. The maximum Gasteiger partial charge on any atom is 0.181 e. The molecule has 3 aromatic heterocycles. The number of H-pyrrole nitrogens is 2. The van der Waals surface area contributed by atoms with Crippen molar-refractivity contribution in [2.75, 3.05) is 39.3 Å². The molecule has 2 saturated heterocycles. The van der Waals surface area contributed by atoms with Crippen molar-refractivity contribution in [3.8, 4) is 11.5 Å². The van der Waals surface area contributed by atoms with Gasteiger partial charge in [0.1, 0.15) is 11.5 Å². The summed E-state index contributed by atoms with van der Waals surface area (Å²) in [5, 5.41) is 8.54. The molecule has 2 fully saturated rings. The topological polar surface area (TPSA) is 76.7 Å². The molecule has 0 saturated carbocycles. The molecule has 250 valence electrons. The SMILES string of the molecule is C=C/C=C(/c1cc(F)cc(CCCN2CCCC2)c1)c1nc(-c2[nH]nc3ncc(C(/C=C(\C=C)CN4CCCCC4)=C/C)cc23)[nH]c1C. The first-order chi connectivity index (χ1) is 23.4. The lowest BCUT2D eigenvalue weighted by molar-refractivity contribution is 0.248. The zero-order chi connectivity index (χ0) is 33.5. The van der Waals surface area contributed by atoms with Gasteiger partial charge in [-0.2, -0.15) is 5.10 Å². The highest BCUT2D eigenvalue weighted by Gasteiger charge is 2.20. The van der Waals surface area contributed by atoms with E-state index in [2.05, 4.69) is 69.3 Å². The summed E-state index contributed by atoms with van der Waals surface area (Å²) >= 11 is 0. The first kappa shape index (κ1) is 33.5. The maximum absolute atomic E-state index is 15.0. The average Bonchev–Trinajstić information content (AvgIpc) is 3.86. The van der Waals surface area contributed by atoms with Gasteiger partial charge in [0.15, 0.2) is 11.5 Å². The average molecular weight is 646 g/mol. The van der Waals surface area contributed by atoms with Crippen LogP contribution in [0.25, 0.3) is 33.7 Å². The Bertz CT molecular complexity index is 1840. The zero-order valence-corrected chi connectivity index (χ0v) is 28.5. The number of aromatic nitrogens is 5. The van der Waals surface area contributed by atoms with Crippen molar-refractivity contribution in [2.24, 2.45) is 0 Å². The van der Waals surface area contributed by atoms with Gasteiger partial charge in [0.2, 0.25) is 0 Å². The van der Waals surface area contributed by atoms with Crippen molar-refractivity contribution >= 4 is 22.2 Å². The normalized spacial score (nSPS) is 17.0. The van der Waals surface area contributed by atoms with Crippen LogP contribution in [0.15, 0.2) is 79.6 Å². The molecular formula is C40H48FN7. The summed E-state index contributed by atoms with van der Waals surface area (Å²) in [5.41, 5.74) is 8.87. The minimum atomic E-state index is -0.241. The molecule has 6 rings (SSSR count). The predicted molar refractivity (Wildman–Crippen MR) is 196 cm³/mol. The smallest absolute Gasteiger partial charge is 0.181 e. The molecule has 0 radical (unpaired) electrons. The highest BCUT2D eigenvalue weighted by atomic mass is 19.1. The third kappa shape index (κ3) is 7.83. The van der Waals surface area contributed by atoms with Gasteiger partial charge >= 0.3 is 0 Å². The Balaban J connectivity index is 1.27. The standard InChI is InChI=1S/C40H48FN7/c1-5-14-35(32-22-30(23-34(41)24-32)15-13-20-47-16-11-12-17-47)37-28(4)43-40(44-37)38-36-25-33(26-42-39(36)46-45-38)31(7-3)21-29(6-2)27-48-18-9-8-10-19-48/h5-7,14,21-26H,1-2,8-13,15-20,27H2,3-4H3,(H,43,44)(H,42,45,46)/b29-21+,31-7+,35-14-. The van der Waals surface area contributed by atoms with Crippen LogP contribution < -0.4 is 0 Å². The molecule has 4 aromatic rings. The number of allylic oxidation sites excluding steroid dienone is 5. The van der Waals surface area contributed by atoms with Crippen molar-refractivity contribution < 1.29 is 4.39 Å². The van der Waals surface area contributed by atoms with Gasteiger partial charge in [-0.15, -0.1) is 0 Å². The van der Waals surface area contributed by atoms with E-state index >= 15 is 0 Å². The van der Waals surface area contributed by atoms with Crippen molar-refractivity contribution in [2.45, 2.75) is 58.8 Å². The fourth-order valence-electron chi connectivity index (χ4n) is 7.05. The molecule has 5 heterocycles. The van der Waals surface area contributed by atoms with Gasteiger partial charge in [0.25, 0.3) is 0 Å². The molecule has 1 aromatic carbocycles. The molecule has 0 unspecified atom stereocenters. The number of pyridine rings is 1. The Morgan fingerprint density at radius 1 is 0.979 bits per heavy atom. The number of halogens is 1. The molecule has 2 aliphatic rings. The van der Waals surface area contributed by atoms with Crippen LogP contribution in [0.2, 0.25) is 0 Å². The Hall–Kier alpha value is -4.40. The van der Waals surface area contributed by atoms with Gasteiger partial charge in [-0.25, -0.2) is 14.4 Å². The van der Waals surface area contributed by atoms with E-state index in [1.807, 2.05) is 25.3 Å². The van der Waals surface area contributed by atoms with Crippen LogP contribution in [-0.2, 0) is 6.42 Å². The number of aromatic amines is 2. The van der Waals surface area contributed by atoms with E-state index < -0.39 is 0 Å². The first-order valence-electron chi connectivity index (χ1n) is 17.4. The summed E-state index contributed by atoms with van der Waals surface area (Å²) in [6, 6.07) is 7.45. The summed E-state index contributed by atoms with van der Waals surface area (Å²) in [5.74, 6) is 0.408. The number of nitrogens with one attached hydrogen (secondary N) is 2. The summed E-state index contributed by atoms with van der Waals surface area (Å²) in [6.07, 6.45) is 20.0. The first-order valence-corrected chi connectivity index (χ1v) is 17.4. The Kier molecular flexibility index (Phi) is 10.9. The Labute approximate surface area is 284 Å². The molecule has 0 spiro atoms. The minimum Gasteiger partial charge on any atom is -0.340 e. The minimum absolute atomic E-state index is 0.241. The van der Waals surface area contributed by atoms with Crippen LogP contribution >= 0.6 is 0 Å². The van der Waals surface area contributed by atoms with E-state index in [0.717, 1.165) is 89.3 Å². The lowest BCUT2D eigenvalue weighted by Gasteiger charge is -2.26. The van der Waals surface area contributed by atoms with Crippen molar-refractivity contribution in [3.05, 3.63) is 113 Å². The van der Waals surface area contributed by atoms with Crippen LogP contribution in [0.5, 0.6) is 0 Å². The molecule has 7 nitrogen and oxygen atoms in total. The fraction of sp³-hybridized carbons (Fsp3) is 0.375. The van der Waals surface area contributed by atoms with Crippen LogP contribution in [0, 0.1) is 12.7 Å². The molecule has 0 amide bonds. The zero-order valence-electron chi connectivity index (χ0n) is 28.5. The summed E-state index contributed by atoms with van der Waals surface area (Å²) in [4.78, 5) is 18.2. The number of likely N-dealkylation sites (tertiary alicyclic amines) is 2. The number of benzene rings is 1. The Morgan fingerprint density at radius 2 is 1.75 bits per heavy atom. The summed E-state index contributed by atoms with van der Waals surface area (Å²) < 4.78 is 15.0. The van der Waals surface area contributed by atoms with Gasteiger partial charge in [0, 0.05) is 29.6 Å². The molecule has 0 bridgehead atoms. The van der Waals surface area contributed by atoms with E-state index in [9.17, 15) is 4.39 Å². The molecule has 0 aliphatic carbocycles. The quantitative estimate of drug-likeness (QED) is 0.143. The van der Waals surface area contributed by atoms with Gasteiger partial charge < -0.3 is 9.88 Å². The van der Waals surface area contributed by atoms with Crippen LogP contribution in [0.3, 0.4) is 0 Å². The lowest BCUT2D eigenvalue weighted by atomic mass is 9.97. The predicted octanol–water partition coefficient (Wildman–Crippen LogP) is 8.44. The van der Waals surface area contributed by atoms with E-state index in [1.165, 1.54) is 50.8 Å². The monoisotopic (exact) mass is 645 g/mol. The van der Waals surface area contributed by atoms with Gasteiger partial charge in [-0.3, -0.25) is 10.00 Å². The van der Waals surface area contributed by atoms with Gasteiger partial charge in [0.05, 0.1) is 11.1 Å². The largest absolute Gasteiger partial charge is 0.340 e. The molecule has 2 N–H and O–H groups in total. The molecular weight excluding hydrogens is 597 g/mol. The van der Waals surface area contributed by atoms with E-state index in [4.69, 9.17) is 9.97 Å². The highest BCUT2D eigenvalue weighted by Crippen LogP contribution is 2.32. The third-order valence-electron chi connectivity index (χ3n) is 9.58. The number of fused-ring (bicyclic) bond motifs is 1. The maximum atomic E-state index is 15.0. The second-order valence-electron chi connectivity index (χ2n) is 13.1. The summed E-state index contributed by atoms with van der Waals surface area (Å²) in [7, 11) is 0. The molecule has 0 atom stereocenters. The van der Waals surface area contributed by atoms with E-state index in [0.29, 0.717) is 11.5 Å². The van der Waals surface area contributed by atoms with Crippen molar-refractivity contribution in [1.82, 2.24) is 34.9 Å². The highest BCUT2D eigenvalue weighted by molar-refractivity contribution is 5.92. The van der Waals surface area contributed by atoms with Crippen LogP contribution in [0.1, 0.15) is 73.5 Å². The van der Waals surface area contributed by atoms with Gasteiger partial charge in [-0.1, -0.05) is 56.0 Å². The van der Waals surface area contributed by atoms with E-state index in [-0.39, 0.29) is 5.82 Å². The second kappa shape index (κ2) is 15.7. The summed E-state index contributed by atoms with van der Waals surface area (Å²) in [6.45, 7) is 18.7. The second-order valence-corrected chi connectivity index (χ2v) is 13.1. The van der Waals surface area contributed by atoms with Gasteiger partial charge in [-0.05, 0) is 126 Å². The number of imidazole rings is 1. The third-order valence-corrected chi connectivity index (χ3v) is 9.58. The number of rotatable bonds is 13. The number of piperidine rings is 1. The number of nitrogens with zero attached hydrogens (tertiary/aromatic N) is 5. The lowest BCUT2D eigenvalue weighted by Crippen LogP contribution is -2.31. The Morgan fingerprint density at radius 3 is 2.50 bits per heavy atom. The van der Waals surface area contributed by atoms with E-state index in [1.54, 1.807) is 18.2 Å². The molecule has 2 aliphatic heterocycles. The number of aryl methyl sites for hydroxylation is 2. The van der Waals surface area contributed by atoms with Crippen molar-refractivity contribution in [3.63, 3.8) is 0 Å². The van der Waals surface area contributed by atoms with Crippen LogP contribution in [0.4, 0.5) is 4.39 Å².